The molecule has 6 heteroatoms. The molecule has 0 aliphatic rings. The van der Waals surface area contributed by atoms with E-state index in [2.05, 4.69) is 55.9 Å². The fraction of sp³-hybridized carbons (Fsp3) is 1.00. The van der Waals surface area contributed by atoms with Crippen LogP contribution in [0.5, 0.6) is 0 Å². The van der Waals surface area contributed by atoms with E-state index in [0.29, 0.717) is 0 Å². The second-order valence-corrected chi connectivity index (χ2v) is 29.3. The molecule has 0 bridgehead atoms. The highest BCUT2D eigenvalue weighted by Crippen LogP contribution is 2.19. The summed E-state index contributed by atoms with van der Waals surface area (Å²) in [6, 6.07) is 0. The molecule has 2 unspecified atom stereocenters. The van der Waals surface area contributed by atoms with Crippen LogP contribution in [0, 0.1) is 0 Å². The molecule has 0 aromatic carbocycles. The van der Waals surface area contributed by atoms with Crippen molar-refractivity contribution in [2.24, 2.45) is 0 Å². The fourth-order valence-electron chi connectivity index (χ4n) is 13.2. The zero-order valence-electron chi connectivity index (χ0n) is 60.5. The molecular formula is C79H164N2O4+2. The summed E-state index contributed by atoms with van der Waals surface area (Å²) in [5.41, 5.74) is 0. The summed E-state index contributed by atoms with van der Waals surface area (Å²) in [4.78, 5) is 0. The predicted octanol–water partition coefficient (Wildman–Crippen LogP) is 25.0. The van der Waals surface area contributed by atoms with Gasteiger partial charge in [0.1, 0.15) is 25.3 Å². The van der Waals surface area contributed by atoms with Crippen molar-refractivity contribution in [3.8, 4) is 0 Å². The molecular weight excluding hydrogens is 1040 g/mol. The second-order valence-electron chi connectivity index (χ2n) is 29.3. The van der Waals surface area contributed by atoms with Gasteiger partial charge in [0.05, 0.1) is 54.5 Å². The van der Waals surface area contributed by atoms with Gasteiger partial charge in [-0.05, 0) is 44.9 Å². The summed E-state index contributed by atoms with van der Waals surface area (Å²) < 4.78 is 28.3. The van der Waals surface area contributed by atoms with Gasteiger partial charge in [-0.1, -0.05) is 362 Å². The van der Waals surface area contributed by atoms with Crippen molar-refractivity contribution < 1.29 is 27.9 Å². The van der Waals surface area contributed by atoms with Crippen LogP contribution in [0.3, 0.4) is 0 Å². The summed E-state index contributed by atoms with van der Waals surface area (Å²) >= 11 is 0. The second kappa shape index (κ2) is 69.6. The maximum Gasteiger partial charge on any atom is 0.130 e. The number of unbranched alkanes of at least 4 members (excludes halogenated alkanes) is 54. The Balaban J connectivity index is 4.93. The Labute approximate surface area is 538 Å². The molecule has 0 rings (SSSR count). The number of nitrogens with zero attached hydrogens (tertiary/aromatic N) is 2. The summed E-state index contributed by atoms with van der Waals surface area (Å²) in [6.07, 6.45) is 82.3. The minimum Gasteiger partial charge on any atom is -0.379 e. The van der Waals surface area contributed by atoms with Crippen LogP contribution < -0.4 is 0 Å². The average molecular weight is 1210 g/mol. The zero-order chi connectivity index (χ0) is 61.8. The van der Waals surface area contributed by atoms with E-state index >= 15 is 0 Å². The SMILES string of the molecule is CCCCCCCCCCCCCCCCOCC(C[N+](C)(C)CCCCC[N+](C)(C)CC(COCCCCCCCCCCCCCCCC)OCCCCCCCCCCCCCCCC)OCCCCCCCCCCCCCCCC. The lowest BCUT2D eigenvalue weighted by molar-refractivity contribution is -0.895. The molecule has 0 aromatic rings. The topological polar surface area (TPSA) is 36.9 Å². The predicted molar refractivity (Wildman–Crippen MR) is 380 cm³/mol. The first-order chi connectivity index (χ1) is 41.7. The number of ether oxygens (including phenoxy) is 4. The Morgan fingerprint density at radius 3 is 0.565 bits per heavy atom. The first-order valence-corrected chi connectivity index (χ1v) is 39.7. The lowest BCUT2D eigenvalue weighted by Gasteiger charge is -2.34. The van der Waals surface area contributed by atoms with E-state index in [1.165, 1.54) is 392 Å². The van der Waals surface area contributed by atoms with Crippen LogP contribution >= 0.6 is 0 Å². The van der Waals surface area contributed by atoms with E-state index in [4.69, 9.17) is 18.9 Å². The van der Waals surface area contributed by atoms with Crippen molar-refractivity contribution >= 4 is 0 Å². The number of likely N-dealkylation sites (N-methyl/N-ethyl adjacent to an activating group) is 2. The molecule has 0 heterocycles. The molecule has 6 nitrogen and oxygen atoms in total. The maximum absolute atomic E-state index is 6.72. The monoisotopic (exact) mass is 1210 g/mol. The smallest absolute Gasteiger partial charge is 0.130 e. The van der Waals surface area contributed by atoms with Crippen molar-refractivity contribution in [2.75, 3.05) is 94.0 Å². The molecule has 0 saturated carbocycles. The molecule has 0 aliphatic carbocycles. The van der Waals surface area contributed by atoms with Gasteiger partial charge in [0.15, 0.2) is 0 Å². The molecule has 0 saturated heterocycles. The molecule has 0 fully saturated rings. The van der Waals surface area contributed by atoms with Gasteiger partial charge in [-0.15, -0.1) is 0 Å². The number of hydrogen-bond acceptors (Lipinski definition) is 4. The van der Waals surface area contributed by atoms with Crippen molar-refractivity contribution in [1.29, 1.82) is 0 Å². The molecule has 85 heavy (non-hydrogen) atoms. The fourth-order valence-corrected chi connectivity index (χ4v) is 13.2. The van der Waals surface area contributed by atoms with Gasteiger partial charge in [-0.2, -0.15) is 0 Å². The third-order valence-electron chi connectivity index (χ3n) is 19.0. The van der Waals surface area contributed by atoms with Crippen molar-refractivity contribution in [2.45, 2.75) is 419 Å². The van der Waals surface area contributed by atoms with E-state index in [9.17, 15) is 0 Å². The maximum atomic E-state index is 6.72. The molecule has 0 spiro atoms. The molecule has 2 atom stereocenters. The summed E-state index contributed by atoms with van der Waals surface area (Å²) in [5, 5.41) is 0. The third-order valence-corrected chi connectivity index (χ3v) is 19.0. The molecule has 0 aromatic heterocycles. The van der Waals surface area contributed by atoms with Crippen molar-refractivity contribution in [1.82, 2.24) is 0 Å². The molecule has 0 N–H and O–H groups in total. The third kappa shape index (κ3) is 69.5. The first-order valence-electron chi connectivity index (χ1n) is 39.7. The Kier molecular flexibility index (Phi) is 69.4. The van der Waals surface area contributed by atoms with Crippen LogP contribution in [-0.4, -0.2) is 115 Å². The van der Waals surface area contributed by atoms with E-state index in [0.717, 1.165) is 61.7 Å². The number of rotatable bonds is 76. The highest BCUT2D eigenvalue weighted by Gasteiger charge is 2.25. The van der Waals surface area contributed by atoms with Gasteiger partial charge in [-0.3, -0.25) is 0 Å². The summed E-state index contributed by atoms with van der Waals surface area (Å²) in [6.45, 7) is 18.8. The minimum absolute atomic E-state index is 0.178. The van der Waals surface area contributed by atoms with E-state index in [-0.39, 0.29) is 12.2 Å². The minimum atomic E-state index is 0.178. The quantitative estimate of drug-likeness (QED) is 0.0449. The standard InChI is InChI=1S/C79H164N2O4/c1-9-13-17-21-25-29-33-37-41-45-49-53-57-64-70-82-76-78(84-72-66-59-55-51-47-43-39-35-31-27-23-19-15-11-3)74-80(5,6)68-62-61-63-69-81(7,8)75-79(85-73-67-60-56-52-48-44-40-36-32-28-24-20-16-12-4)77-83-71-65-58-54-50-46-42-38-34-30-26-22-18-14-10-2/h78-79H,9-77H2,1-8H3/q+2. The van der Waals surface area contributed by atoms with E-state index in [1.807, 2.05) is 0 Å². The first kappa shape index (κ1) is 84.8. The Morgan fingerprint density at radius 2 is 0.365 bits per heavy atom. The Morgan fingerprint density at radius 1 is 0.200 bits per heavy atom. The van der Waals surface area contributed by atoms with Crippen LogP contribution in [0.1, 0.15) is 407 Å². The van der Waals surface area contributed by atoms with Crippen molar-refractivity contribution in [3.63, 3.8) is 0 Å². The van der Waals surface area contributed by atoms with Gasteiger partial charge in [0.25, 0.3) is 0 Å². The van der Waals surface area contributed by atoms with E-state index in [1.54, 1.807) is 0 Å². The van der Waals surface area contributed by atoms with Gasteiger partial charge >= 0.3 is 0 Å². The largest absolute Gasteiger partial charge is 0.379 e. The normalized spacial score (nSPS) is 13.0. The van der Waals surface area contributed by atoms with Gasteiger partial charge in [0, 0.05) is 26.4 Å². The lowest BCUT2D eigenvalue weighted by Crippen LogP contribution is -2.48. The average Bonchev–Trinajstić information content (AvgIpc) is 3.54. The van der Waals surface area contributed by atoms with Crippen LogP contribution in [0.25, 0.3) is 0 Å². The Hall–Kier alpha value is -0.240. The summed E-state index contributed by atoms with van der Waals surface area (Å²) in [7, 11) is 9.76. The van der Waals surface area contributed by atoms with E-state index < -0.39 is 0 Å². The molecule has 512 valence electrons. The molecule has 0 aliphatic heterocycles. The van der Waals surface area contributed by atoms with Gasteiger partial charge < -0.3 is 27.9 Å². The van der Waals surface area contributed by atoms with Crippen LogP contribution in [-0.2, 0) is 18.9 Å². The molecule has 0 amide bonds. The lowest BCUT2D eigenvalue weighted by atomic mass is 10.0. The van der Waals surface area contributed by atoms with Crippen molar-refractivity contribution in [3.05, 3.63) is 0 Å². The molecule has 0 radical (unpaired) electrons. The highest BCUT2D eigenvalue weighted by molar-refractivity contribution is 4.62. The van der Waals surface area contributed by atoms with Gasteiger partial charge in [0.2, 0.25) is 0 Å². The van der Waals surface area contributed by atoms with Gasteiger partial charge in [-0.25, -0.2) is 0 Å². The summed E-state index contributed by atoms with van der Waals surface area (Å²) in [5.74, 6) is 0. The number of hydrogen-bond donors (Lipinski definition) is 0. The van der Waals surface area contributed by atoms with Crippen LogP contribution in [0.4, 0.5) is 0 Å². The van der Waals surface area contributed by atoms with Crippen LogP contribution in [0.2, 0.25) is 0 Å². The highest BCUT2D eigenvalue weighted by atomic mass is 16.5. The van der Waals surface area contributed by atoms with Crippen LogP contribution in [0.15, 0.2) is 0 Å². The number of quaternary nitrogens is 2. The Bertz CT molecular complexity index is 1120. The zero-order valence-corrected chi connectivity index (χ0v) is 60.5.